The van der Waals surface area contributed by atoms with E-state index in [9.17, 15) is 18.0 Å². The van der Waals surface area contributed by atoms with E-state index >= 15 is 0 Å². The first-order valence-electron chi connectivity index (χ1n) is 7.26. The molecule has 0 saturated carbocycles. The van der Waals surface area contributed by atoms with Gasteiger partial charge in [0.2, 0.25) is 0 Å². The lowest BCUT2D eigenvalue weighted by Gasteiger charge is -2.11. The minimum absolute atomic E-state index is 0.215. The fourth-order valence-corrected chi connectivity index (χ4v) is 2.09. The molecule has 0 radical (unpaired) electrons. The van der Waals surface area contributed by atoms with Crippen LogP contribution < -0.4 is 20.1 Å². The summed E-state index contributed by atoms with van der Waals surface area (Å²) in [6.07, 6.45) is -4.41. The van der Waals surface area contributed by atoms with Gasteiger partial charge in [-0.2, -0.15) is 13.2 Å². The number of methoxy groups -OCH3 is 2. The minimum Gasteiger partial charge on any atom is -0.493 e. The number of nitrogens with one attached hydrogen (secondary N) is 2. The topological polar surface area (TPSA) is 59.6 Å². The van der Waals surface area contributed by atoms with Gasteiger partial charge in [-0.15, -0.1) is 0 Å². The second-order valence-electron chi connectivity index (χ2n) is 5.07. The number of benzene rings is 2. The SMILES string of the molecule is COc1ccc(CNC(=O)Nc2ccc(C(F)(F)F)cc2)cc1OC. The summed E-state index contributed by atoms with van der Waals surface area (Å²) in [5.74, 6) is 1.10. The van der Waals surface area contributed by atoms with Gasteiger partial charge in [0.1, 0.15) is 0 Å². The predicted molar refractivity (Wildman–Crippen MR) is 86.8 cm³/mol. The van der Waals surface area contributed by atoms with Crippen LogP contribution in [0.1, 0.15) is 11.1 Å². The third-order valence-electron chi connectivity index (χ3n) is 3.37. The van der Waals surface area contributed by atoms with E-state index in [0.29, 0.717) is 11.5 Å². The Labute approximate surface area is 142 Å². The Morgan fingerprint density at radius 3 is 2.20 bits per heavy atom. The highest BCUT2D eigenvalue weighted by Gasteiger charge is 2.29. The first-order valence-corrected chi connectivity index (χ1v) is 7.26. The molecule has 0 unspecified atom stereocenters. The van der Waals surface area contributed by atoms with Crippen LogP contribution in [-0.2, 0) is 12.7 Å². The fraction of sp³-hybridized carbons (Fsp3) is 0.235. The van der Waals surface area contributed by atoms with Crippen LogP contribution in [0.5, 0.6) is 11.5 Å². The highest BCUT2D eigenvalue weighted by Crippen LogP contribution is 2.30. The number of alkyl halides is 3. The van der Waals surface area contributed by atoms with Gasteiger partial charge < -0.3 is 20.1 Å². The molecular formula is C17H17F3N2O3. The van der Waals surface area contributed by atoms with E-state index in [1.807, 2.05) is 0 Å². The number of carbonyl (C=O) groups is 1. The fourth-order valence-electron chi connectivity index (χ4n) is 2.09. The van der Waals surface area contributed by atoms with Crippen LogP contribution in [0.3, 0.4) is 0 Å². The van der Waals surface area contributed by atoms with Crippen LogP contribution in [0.15, 0.2) is 42.5 Å². The molecule has 2 N–H and O–H groups in total. The van der Waals surface area contributed by atoms with Crippen molar-refractivity contribution in [3.8, 4) is 11.5 Å². The zero-order valence-corrected chi connectivity index (χ0v) is 13.6. The largest absolute Gasteiger partial charge is 0.493 e. The van der Waals surface area contributed by atoms with Gasteiger partial charge in [-0.3, -0.25) is 0 Å². The van der Waals surface area contributed by atoms with E-state index in [2.05, 4.69) is 10.6 Å². The Hall–Kier alpha value is -2.90. The van der Waals surface area contributed by atoms with Crippen LogP contribution in [0.2, 0.25) is 0 Å². The number of hydrogen-bond acceptors (Lipinski definition) is 3. The molecular weight excluding hydrogens is 337 g/mol. The van der Waals surface area contributed by atoms with Crippen molar-refractivity contribution in [2.45, 2.75) is 12.7 Å². The van der Waals surface area contributed by atoms with Gasteiger partial charge in [0.25, 0.3) is 0 Å². The lowest BCUT2D eigenvalue weighted by Crippen LogP contribution is -2.28. The molecule has 0 bridgehead atoms. The van der Waals surface area contributed by atoms with Crippen LogP contribution in [-0.4, -0.2) is 20.3 Å². The number of anilines is 1. The molecule has 5 nitrogen and oxygen atoms in total. The lowest BCUT2D eigenvalue weighted by molar-refractivity contribution is -0.137. The third kappa shape index (κ3) is 5.03. The summed E-state index contributed by atoms with van der Waals surface area (Å²) < 4.78 is 47.8. The molecule has 0 aliphatic carbocycles. The molecule has 0 aliphatic rings. The normalized spacial score (nSPS) is 10.9. The quantitative estimate of drug-likeness (QED) is 0.852. The van der Waals surface area contributed by atoms with Gasteiger partial charge >= 0.3 is 12.2 Å². The molecule has 2 rings (SSSR count). The summed E-state index contributed by atoms with van der Waals surface area (Å²) in [4.78, 5) is 11.8. The summed E-state index contributed by atoms with van der Waals surface area (Å²) in [5.41, 5.74) is 0.266. The Kier molecular flexibility index (Phi) is 5.74. The highest BCUT2D eigenvalue weighted by atomic mass is 19.4. The Morgan fingerprint density at radius 2 is 1.64 bits per heavy atom. The maximum absolute atomic E-state index is 12.5. The number of rotatable bonds is 5. The molecule has 8 heteroatoms. The van der Waals surface area contributed by atoms with Crippen molar-refractivity contribution in [2.24, 2.45) is 0 Å². The molecule has 134 valence electrons. The molecule has 0 saturated heterocycles. The molecule has 0 heterocycles. The first kappa shape index (κ1) is 18.4. The summed E-state index contributed by atoms with van der Waals surface area (Å²) in [7, 11) is 3.03. The van der Waals surface area contributed by atoms with Gasteiger partial charge in [-0.1, -0.05) is 6.07 Å². The van der Waals surface area contributed by atoms with Gasteiger partial charge in [-0.05, 0) is 42.0 Å². The van der Waals surface area contributed by atoms with E-state index in [-0.39, 0.29) is 12.2 Å². The van der Waals surface area contributed by atoms with E-state index < -0.39 is 17.8 Å². The molecule has 0 aromatic heterocycles. The van der Waals surface area contributed by atoms with Crippen molar-refractivity contribution in [2.75, 3.05) is 19.5 Å². The van der Waals surface area contributed by atoms with Crippen LogP contribution in [0, 0.1) is 0 Å². The van der Waals surface area contributed by atoms with Crippen LogP contribution in [0.25, 0.3) is 0 Å². The standard InChI is InChI=1S/C17H17F3N2O3/c1-24-14-8-3-11(9-15(14)25-2)10-21-16(23)22-13-6-4-12(5-7-13)17(18,19)20/h3-9H,10H2,1-2H3,(H2,21,22,23). The van der Waals surface area contributed by atoms with Crippen molar-refractivity contribution in [1.82, 2.24) is 5.32 Å². The summed E-state index contributed by atoms with van der Waals surface area (Å²) in [6, 6.07) is 8.86. The number of urea groups is 1. The third-order valence-corrected chi connectivity index (χ3v) is 3.37. The Bertz CT molecular complexity index is 731. The predicted octanol–water partition coefficient (Wildman–Crippen LogP) is 4.04. The summed E-state index contributed by atoms with van der Waals surface area (Å²) in [5, 5.41) is 5.08. The second-order valence-corrected chi connectivity index (χ2v) is 5.07. The molecule has 0 atom stereocenters. The molecule has 0 aliphatic heterocycles. The molecule has 2 aromatic rings. The maximum atomic E-state index is 12.5. The smallest absolute Gasteiger partial charge is 0.416 e. The molecule has 2 aromatic carbocycles. The van der Waals surface area contributed by atoms with Crippen molar-refractivity contribution < 1.29 is 27.4 Å². The Balaban J connectivity index is 1.92. The number of hydrogen-bond donors (Lipinski definition) is 2. The Morgan fingerprint density at radius 1 is 1.00 bits per heavy atom. The van der Waals surface area contributed by atoms with Gasteiger partial charge in [0.15, 0.2) is 11.5 Å². The summed E-state index contributed by atoms with van der Waals surface area (Å²) in [6.45, 7) is 0.215. The van der Waals surface area contributed by atoms with Crippen molar-refractivity contribution in [3.05, 3.63) is 53.6 Å². The molecule has 0 fully saturated rings. The van der Waals surface area contributed by atoms with E-state index in [4.69, 9.17) is 9.47 Å². The highest BCUT2D eigenvalue weighted by molar-refractivity contribution is 5.89. The van der Waals surface area contributed by atoms with Gasteiger partial charge in [-0.25, -0.2) is 4.79 Å². The summed E-state index contributed by atoms with van der Waals surface area (Å²) >= 11 is 0. The van der Waals surface area contributed by atoms with Crippen molar-refractivity contribution in [1.29, 1.82) is 0 Å². The maximum Gasteiger partial charge on any atom is 0.416 e. The van der Waals surface area contributed by atoms with E-state index in [0.717, 1.165) is 17.7 Å². The van der Waals surface area contributed by atoms with Crippen LogP contribution in [0.4, 0.5) is 23.7 Å². The molecule has 25 heavy (non-hydrogen) atoms. The second kappa shape index (κ2) is 7.78. The average Bonchev–Trinajstić information content (AvgIpc) is 2.59. The lowest BCUT2D eigenvalue weighted by atomic mass is 10.2. The number of carbonyl (C=O) groups excluding carboxylic acids is 1. The number of halogens is 3. The van der Waals surface area contributed by atoms with Gasteiger partial charge in [0, 0.05) is 12.2 Å². The van der Waals surface area contributed by atoms with Crippen LogP contribution >= 0.6 is 0 Å². The zero-order valence-electron chi connectivity index (χ0n) is 13.6. The first-order chi connectivity index (χ1) is 11.8. The van der Waals surface area contributed by atoms with E-state index in [1.54, 1.807) is 18.2 Å². The van der Waals surface area contributed by atoms with Gasteiger partial charge in [0.05, 0.1) is 19.8 Å². The monoisotopic (exact) mass is 354 g/mol. The van der Waals surface area contributed by atoms with Crippen molar-refractivity contribution >= 4 is 11.7 Å². The number of amides is 2. The average molecular weight is 354 g/mol. The molecule has 0 spiro atoms. The zero-order chi connectivity index (χ0) is 18.4. The molecule has 2 amide bonds. The van der Waals surface area contributed by atoms with Crippen molar-refractivity contribution in [3.63, 3.8) is 0 Å². The van der Waals surface area contributed by atoms with E-state index in [1.165, 1.54) is 26.4 Å². The number of ether oxygens (including phenoxy) is 2. The minimum atomic E-state index is -4.41.